The number of carbonyl (C=O) groups excluding carboxylic acids is 2. The SMILES string of the molecule is COC(=O)C1COCCN1C(=O)Cn1nc(C)c(N)c1C. The van der Waals surface area contributed by atoms with Gasteiger partial charge >= 0.3 is 5.97 Å². The minimum Gasteiger partial charge on any atom is -0.467 e. The Kier molecular flexibility index (Phi) is 4.46. The van der Waals surface area contributed by atoms with Crippen LogP contribution in [-0.2, 0) is 25.6 Å². The number of esters is 1. The lowest BCUT2D eigenvalue weighted by Crippen LogP contribution is -2.53. The molecule has 116 valence electrons. The van der Waals surface area contributed by atoms with Gasteiger partial charge in [0, 0.05) is 6.54 Å². The number of rotatable bonds is 3. The summed E-state index contributed by atoms with van der Waals surface area (Å²) in [5, 5.41) is 4.23. The van der Waals surface area contributed by atoms with Crippen molar-refractivity contribution in [3.05, 3.63) is 11.4 Å². The molecule has 1 aliphatic heterocycles. The zero-order valence-electron chi connectivity index (χ0n) is 12.5. The first-order chi connectivity index (χ1) is 9.95. The molecule has 1 saturated heterocycles. The Morgan fingerprint density at radius 2 is 2.19 bits per heavy atom. The van der Waals surface area contributed by atoms with Gasteiger partial charge in [-0.25, -0.2) is 4.79 Å². The maximum absolute atomic E-state index is 12.4. The Hall–Kier alpha value is -2.09. The molecule has 0 spiro atoms. The zero-order chi connectivity index (χ0) is 15.6. The maximum atomic E-state index is 12.4. The molecule has 0 radical (unpaired) electrons. The molecule has 1 aromatic rings. The largest absolute Gasteiger partial charge is 0.467 e. The van der Waals surface area contributed by atoms with Crippen molar-refractivity contribution in [2.24, 2.45) is 0 Å². The predicted octanol–water partition coefficient (Wildman–Crippen LogP) is -0.517. The van der Waals surface area contributed by atoms with E-state index in [1.807, 2.05) is 0 Å². The van der Waals surface area contributed by atoms with Gasteiger partial charge in [0.15, 0.2) is 6.04 Å². The van der Waals surface area contributed by atoms with Gasteiger partial charge in [-0.3, -0.25) is 9.48 Å². The average Bonchev–Trinajstić information content (AvgIpc) is 2.73. The Labute approximate surface area is 122 Å². The van der Waals surface area contributed by atoms with Crippen LogP contribution >= 0.6 is 0 Å². The molecular formula is C13H20N4O4. The van der Waals surface area contributed by atoms with Gasteiger partial charge in [0.2, 0.25) is 5.91 Å². The zero-order valence-corrected chi connectivity index (χ0v) is 12.5. The van der Waals surface area contributed by atoms with Gasteiger partial charge in [-0.2, -0.15) is 5.10 Å². The number of ether oxygens (including phenoxy) is 2. The number of aryl methyl sites for hydroxylation is 1. The number of aromatic nitrogens is 2. The number of nitrogens with zero attached hydrogens (tertiary/aromatic N) is 3. The van der Waals surface area contributed by atoms with Crippen LogP contribution < -0.4 is 5.73 Å². The quantitative estimate of drug-likeness (QED) is 0.754. The third kappa shape index (κ3) is 2.99. The topological polar surface area (TPSA) is 99.7 Å². The second-order valence-electron chi connectivity index (χ2n) is 4.94. The normalized spacial score (nSPS) is 18.6. The van der Waals surface area contributed by atoms with Crippen LogP contribution in [0.15, 0.2) is 0 Å². The third-order valence-electron chi connectivity index (χ3n) is 3.64. The number of hydrogen-bond donors (Lipinski definition) is 1. The van der Waals surface area contributed by atoms with Gasteiger partial charge in [0.25, 0.3) is 0 Å². The molecule has 21 heavy (non-hydrogen) atoms. The first-order valence-corrected chi connectivity index (χ1v) is 6.70. The lowest BCUT2D eigenvalue weighted by Gasteiger charge is -2.33. The molecule has 1 unspecified atom stereocenters. The summed E-state index contributed by atoms with van der Waals surface area (Å²) in [6.45, 7) is 4.54. The van der Waals surface area contributed by atoms with E-state index in [4.69, 9.17) is 15.2 Å². The van der Waals surface area contributed by atoms with Gasteiger partial charge < -0.3 is 20.1 Å². The highest BCUT2D eigenvalue weighted by Crippen LogP contribution is 2.16. The van der Waals surface area contributed by atoms with Crippen molar-refractivity contribution in [2.75, 3.05) is 32.6 Å². The van der Waals surface area contributed by atoms with Crippen molar-refractivity contribution < 1.29 is 19.1 Å². The monoisotopic (exact) mass is 296 g/mol. The van der Waals surface area contributed by atoms with Crippen LogP contribution in [0.3, 0.4) is 0 Å². The fourth-order valence-corrected chi connectivity index (χ4v) is 2.32. The second kappa shape index (κ2) is 6.13. The molecule has 2 N–H and O–H groups in total. The molecule has 1 atom stereocenters. The number of nitrogen functional groups attached to an aromatic ring is 1. The first kappa shape index (κ1) is 15.3. The fraction of sp³-hybridized carbons (Fsp3) is 0.615. The maximum Gasteiger partial charge on any atom is 0.331 e. The summed E-state index contributed by atoms with van der Waals surface area (Å²) < 4.78 is 11.5. The number of morpholine rings is 1. The van der Waals surface area contributed by atoms with Crippen molar-refractivity contribution in [3.8, 4) is 0 Å². The highest BCUT2D eigenvalue weighted by atomic mass is 16.5. The molecule has 1 aliphatic rings. The van der Waals surface area contributed by atoms with E-state index in [2.05, 4.69) is 5.10 Å². The minimum atomic E-state index is -0.703. The van der Waals surface area contributed by atoms with Crippen LogP contribution in [0.5, 0.6) is 0 Å². The summed E-state index contributed by atoms with van der Waals surface area (Å²) in [6.07, 6.45) is 0. The van der Waals surface area contributed by atoms with Gasteiger partial charge in [0.05, 0.1) is 37.4 Å². The molecule has 2 rings (SSSR count). The van der Waals surface area contributed by atoms with Crippen molar-refractivity contribution in [3.63, 3.8) is 0 Å². The molecule has 1 fully saturated rings. The van der Waals surface area contributed by atoms with Crippen molar-refractivity contribution >= 4 is 17.6 Å². The minimum absolute atomic E-state index is 0.0391. The summed E-state index contributed by atoms with van der Waals surface area (Å²) >= 11 is 0. The summed E-state index contributed by atoms with van der Waals surface area (Å²) in [7, 11) is 1.29. The van der Waals surface area contributed by atoms with E-state index in [0.29, 0.717) is 24.5 Å². The number of carbonyl (C=O) groups is 2. The van der Waals surface area contributed by atoms with Crippen LogP contribution in [0.4, 0.5) is 5.69 Å². The van der Waals surface area contributed by atoms with Crippen LogP contribution in [-0.4, -0.2) is 59.5 Å². The van der Waals surface area contributed by atoms with Crippen LogP contribution in [0.25, 0.3) is 0 Å². The number of hydrogen-bond acceptors (Lipinski definition) is 6. The number of anilines is 1. The van der Waals surface area contributed by atoms with Crippen LogP contribution in [0.2, 0.25) is 0 Å². The van der Waals surface area contributed by atoms with Crippen LogP contribution in [0, 0.1) is 13.8 Å². The second-order valence-corrected chi connectivity index (χ2v) is 4.94. The van der Waals surface area contributed by atoms with Crippen LogP contribution in [0.1, 0.15) is 11.4 Å². The summed E-state index contributed by atoms with van der Waals surface area (Å²) in [4.78, 5) is 25.6. The lowest BCUT2D eigenvalue weighted by atomic mass is 10.2. The van der Waals surface area contributed by atoms with E-state index in [1.165, 1.54) is 12.0 Å². The van der Waals surface area contributed by atoms with Gasteiger partial charge in [0.1, 0.15) is 6.54 Å². The molecule has 8 heteroatoms. The number of methoxy groups -OCH3 is 1. The van der Waals surface area contributed by atoms with Gasteiger partial charge in [-0.05, 0) is 13.8 Å². The van der Waals surface area contributed by atoms with Gasteiger partial charge in [-0.1, -0.05) is 0 Å². The molecule has 0 bridgehead atoms. The van der Waals surface area contributed by atoms with Gasteiger partial charge in [-0.15, -0.1) is 0 Å². The summed E-state index contributed by atoms with van der Waals surface area (Å²) in [5.41, 5.74) is 7.86. The highest BCUT2D eigenvalue weighted by molar-refractivity contribution is 5.84. The van der Waals surface area contributed by atoms with E-state index in [9.17, 15) is 9.59 Å². The van der Waals surface area contributed by atoms with Crippen molar-refractivity contribution in [1.29, 1.82) is 0 Å². The smallest absolute Gasteiger partial charge is 0.331 e. The Bertz CT molecular complexity index is 555. The molecule has 8 nitrogen and oxygen atoms in total. The third-order valence-corrected chi connectivity index (χ3v) is 3.64. The van der Waals surface area contributed by atoms with E-state index in [-0.39, 0.29) is 19.1 Å². The lowest BCUT2D eigenvalue weighted by molar-refractivity contribution is -0.161. The van der Waals surface area contributed by atoms with Crippen molar-refractivity contribution in [2.45, 2.75) is 26.4 Å². The molecule has 1 amide bonds. The molecule has 2 heterocycles. The summed E-state index contributed by atoms with van der Waals surface area (Å²) in [5.74, 6) is -0.685. The fourth-order valence-electron chi connectivity index (χ4n) is 2.32. The molecule has 0 saturated carbocycles. The number of amides is 1. The standard InChI is InChI=1S/C13H20N4O4/c1-8-12(14)9(2)17(15-8)6-11(18)16-4-5-21-7-10(16)13(19)20-3/h10H,4-7,14H2,1-3H3. The van der Waals surface area contributed by atoms with E-state index in [0.717, 1.165) is 5.69 Å². The Morgan fingerprint density at radius 1 is 1.48 bits per heavy atom. The summed E-state index contributed by atoms with van der Waals surface area (Å²) in [6, 6.07) is -0.703. The molecular weight excluding hydrogens is 276 g/mol. The molecule has 0 aromatic carbocycles. The molecule has 0 aliphatic carbocycles. The highest BCUT2D eigenvalue weighted by Gasteiger charge is 2.33. The molecule has 1 aromatic heterocycles. The van der Waals surface area contributed by atoms with Crippen molar-refractivity contribution in [1.82, 2.24) is 14.7 Å². The Balaban J connectivity index is 2.14. The average molecular weight is 296 g/mol. The van der Waals surface area contributed by atoms with E-state index in [1.54, 1.807) is 18.5 Å². The number of nitrogens with two attached hydrogens (primary N) is 1. The van der Waals surface area contributed by atoms with E-state index < -0.39 is 12.0 Å². The first-order valence-electron chi connectivity index (χ1n) is 6.70. The van der Waals surface area contributed by atoms with E-state index >= 15 is 0 Å². The predicted molar refractivity (Wildman–Crippen MR) is 74.4 cm³/mol. The Morgan fingerprint density at radius 3 is 2.76 bits per heavy atom.